The second-order valence-corrected chi connectivity index (χ2v) is 4.66. The second-order valence-electron chi connectivity index (χ2n) is 4.28. The number of nitrogens with two attached hydrogens (primary N) is 1. The first-order chi connectivity index (χ1) is 8.58. The molecule has 2 rings (SSSR count). The summed E-state index contributed by atoms with van der Waals surface area (Å²) in [5, 5.41) is 0.139. The summed E-state index contributed by atoms with van der Waals surface area (Å²) in [6.07, 6.45) is 2.19. The molecule has 0 aliphatic rings. The van der Waals surface area contributed by atoms with Crippen LogP contribution in [0.3, 0.4) is 0 Å². The van der Waals surface area contributed by atoms with Gasteiger partial charge in [0.05, 0.1) is 16.8 Å². The second kappa shape index (κ2) is 5.46. The average molecular weight is 265 g/mol. The van der Waals surface area contributed by atoms with Gasteiger partial charge in [0.1, 0.15) is 5.82 Å². The number of hydrogen-bond acceptors (Lipinski definition) is 2. The summed E-state index contributed by atoms with van der Waals surface area (Å²) >= 11 is 5.91. The first-order valence-electron chi connectivity index (χ1n) is 5.69. The van der Waals surface area contributed by atoms with Crippen LogP contribution in [0, 0.1) is 12.7 Å². The molecule has 0 amide bonds. The minimum Gasteiger partial charge on any atom is -0.322 e. The normalized spacial score (nSPS) is 12.4. The third-order valence-electron chi connectivity index (χ3n) is 2.79. The van der Waals surface area contributed by atoms with E-state index in [4.69, 9.17) is 17.3 Å². The van der Waals surface area contributed by atoms with Gasteiger partial charge in [0.15, 0.2) is 0 Å². The number of pyridine rings is 1. The molecule has 0 aliphatic carbocycles. The monoisotopic (exact) mass is 264 g/mol. The molecular formula is C14H14ClFN2. The highest BCUT2D eigenvalue weighted by Crippen LogP contribution is 2.24. The van der Waals surface area contributed by atoms with E-state index >= 15 is 0 Å². The van der Waals surface area contributed by atoms with Crippen LogP contribution in [0.4, 0.5) is 4.39 Å². The van der Waals surface area contributed by atoms with E-state index in [9.17, 15) is 4.39 Å². The lowest BCUT2D eigenvalue weighted by Crippen LogP contribution is -2.15. The fourth-order valence-electron chi connectivity index (χ4n) is 1.81. The quantitative estimate of drug-likeness (QED) is 0.923. The highest BCUT2D eigenvalue weighted by atomic mass is 35.5. The van der Waals surface area contributed by atoms with Gasteiger partial charge in [-0.15, -0.1) is 0 Å². The smallest absolute Gasteiger partial charge is 0.142 e. The fourth-order valence-corrected chi connectivity index (χ4v) is 2.01. The Balaban J connectivity index is 2.21. The molecule has 0 saturated heterocycles. The topological polar surface area (TPSA) is 38.9 Å². The van der Waals surface area contributed by atoms with Gasteiger partial charge in [0.2, 0.25) is 0 Å². The van der Waals surface area contributed by atoms with Crippen LogP contribution >= 0.6 is 11.6 Å². The molecule has 2 nitrogen and oxygen atoms in total. The molecule has 1 aromatic carbocycles. The van der Waals surface area contributed by atoms with E-state index in [2.05, 4.69) is 4.98 Å². The lowest BCUT2D eigenvalue weighted by Gasteiger charge is -2.13. The summed E-state index contributed by atoms with van der Waals surface area (Å²) < 4.78 is 13.3. The van der Waals surface area contributed by atoms with Gasteiger partial charge in [-0.2, -0.15) is 0 Å². The molecule has 1 heterocycles. The Kier molecular flexibility index (Phi) is 3.94. The number of halogens is 2. The number of nitrogens with zero attached hydrogens (tertiary/aromatic N) is 1. The zero-order valence-electron chi connectivity index (χ0n) is 10.0. The van der Waals surface area contributed by atoms with Gasteiger partial charge < -0.3 is 5.73 Å². The number of benzene rings is 1. The molecule has 0 aliphatic heterocycles. The predicted molar refractivity (Wildman–Crippen MR) is 71.0 cm³/mol. The molecule has 2 N–H and O–H groups in total. The Labute approximate surface area is 111 Å². The number of hydrogen-bond donors (Lipinski definition) is 1. The maximum absolute atomic E-state index is 13.3. The van der Waals surface area contributed by atoms with E-state index in [1.54, 1.807) is 18.3 Å². The largest absolute Gasteiger partial charge is 0.322 e. The van der Waals surface area contributed by atoms with Gasteiger partial charge >= 0.3 is 0 Å². The van der Waals surface area contributed by atoms with Crippen LogP contribution in [-0.2, 0) is 6.42 Å². The van der Waals surface area contributed by atoms with Gasteiger partial charge in [-0.05, 0) is 42.7 Å². The average Bonchev–Trinajstić information content (AvgIpc) is 2.35. The van der Waals surface area contributed by atoms with Crippen LogP contribution in [0.1, 0.15) is 22.9 Å². The van der Waals surface area contributed by atoms with E-state index in [1.165, 1.54) is 6.07 Å². The Hall–Kier alpha value is -1.45. The van der Waals surface area contributed by atoms with Crippen LogP contribution in [0.5, 0.6) is 0 Å². The highest BCUT2D eigenvalue weighted by Gasteiger charge is 2.12. The number of aromatic nitrogens is 1. The van der Waals surface area contributed by atoms with E-state index in [0.717, 1.165) is 11.3 Å². The van der Waals surface area contributed by atoms with Crippen LogP contribution in [0.2, 0.25) is 5.02 Å². The van der Waals surface area contributed by atoms with E-state index in [1.807, 2.05) is 19.1 Å². The van der Waals surface area contributed by atoms with Crippen molar-refractivity contribution in [3.05, 3.63) is 64.2 Å². The zero-order chi connectivity index (χ0) is 13.1. The SMILES string of the molecule is Cc1ccnc(C(N)Cc2cccc(F)c2Cl)c1. The third-order valence-corrected chi connectivity index (χ3v) is 3.21. The Morgan fingerprint density at radius 2 is 2.17 bits per heavy atom. The Morgan fingerprint density at radius 1 is 1.39 bits per heavy atom. The molecule has 0 saturated carbocycles. The minimum atomic E-state index is -0.418. The minimum absolute atomic E-state index is 0.139. The van der Waals surface area contributed by atoms with Crippen molar-refractivity contribution in [2.24, 2.45) is 5.73 Å². The first-order valence-corrected chi connectivity index (χ1v) is 6.06. The van der Waals surface area contributed by atoms with Crippen molar-refractivity contribution >= 4 is 11.6 Å². The lowest BCUT2D eigenvalue weighted by molar-refractivity contribution is 0.621. The van der Waals surface area contributed by atoms with E-state index < -0.39 is 5.82 Å². The summed E-state index contributed by atoms with van der Waals surface area (Å²) in [4.78, 5) is 4.23. The molecule has 2 aromatic rings. The maximum Gasteiger partial charge on any atom is 0.142 e. The van der Waals surface area contributed by atoms with Crippen LogP contribution in [0.15, 0.2) is 36.5 Å². The van der Waals surface area contributed by atoms with Crippen molar-refractivity contribution in [1.29, 1.82) is 0 Å². The van der Waals surface area contributed by atoms with Crippen LogP contribution in [-0.4, -0.2) is 4.98 Å². The molecule has 1 unspecified atom stereocenters. The molecule has 18 heavy (non-hydrogen) atoms. The van der Waals surface area contributed by atoms with Crippen molar-refractivity contribution in [1.82, 2.24) is 4.98 Å². The van der Waals surface area contributed by atoms with E-state index in [0.29, 0.717) is 12.0 Å². The zero-order valence-corrected chi connectivity index (χ0v) is 10.8. The fraction of sp³-hybridized carbons (Fsp3) is 0.214. The predicted octanol–water partition coefficient (Wildman–Crippen LogP) is 3.43. The van der Waals surface area contributed by atoms with Crippen molar-refractivity contribution in [3.63, 3.8) is 0 Å². The molecule has 1 atom stereocenters. The summed E-state index contributed by atoms with van der Waals surface area (Å²) in [5.74, 6) is -0.418. The maximum atomic E-state index is 13.3. The summed E-state index contributed by atoms with van der Waals surface area (Å²) in [7, 11) is 0. The van der Waals surface area contributed by atoms with Crippen LogP contribution in [0.25, 0.3) is 0 Å². The lowest BCUT2D eigenvalue weighted by atomic mass is 10.0. The number of rotatable bonds is 3. The Bertz CT molecular complexity index is 557. The molecule has 0 spiro atoms. The van der Waals surface area contributed by atoms with Gasteiger partial charge in [0, 0.05) is 6.20 Å². The summed E-state index contributed by atoms with van der Waals surface area (Å²) in [6.45, 7) is 1.98. The Morgan fingerprint density at radius 3 is 2.89 bits per heavy atom. The molecule has 4 heteroatoms. The van der Waals surface area contributed by atoms with Crippen molar-refractivity contribution in [2.45, 2.75) is 19.4 Å². The van der Waals surface area contributed by atoms with Gasteiger partial charge in [-0.1, -0.05) is 23.7 Å². The number of aryl methyl sites for hydroxylation is 1. The van der Waals surface area contributed by atoms with Crippen molar-refractivity contribution in [3.8, 4) is 0 Å². The molecule has 0 fully saturated rings. The van der Waals surface area contributed by atoms with Gasteiger partial charge in [-0.25, -0.2) is 4.39 Å². The van der Waals surface area contributed by atoms with Crippen LogP contribution < -0.4 is 5.73 Å². The van der Waals surface area contributed by atoms with Crippen molar-refractivity contribution in [2.75, 3.05) is 0 Å². The third kappa shape index (κ3) is 2.86. The highest BCUT2D eigenvalue weighted by molar-refractivity contribution is 6.31. The molecule has 0 radical (unpaired) electrons. The molecule has 1 aromatic heterocycles. The van der Waals surface area contributed by atoms with Crippen molar-refractivity contribution < 1.29 is 4.39 Å². The summed E-state index contributed by atoms with van der Waals surface area (Å²) in [5.41, 5.74) is 8.66. The first kappa shape index (κ1) is 13.0. The molecule has 0 bridgehead atoms. The molecule has 94 valence electrons. The van der Waals surface area contributed by atoms with E-state index in [-0.39, 0.29) is 11.1 Å². The summed E-state index contributed by atoms with van der Waals surface area (Å²) in [6, 6.07) is 8.30. The van der Waals surface area contributed by atoms with Gasteiger partial charge in [-0.3, -0.25) is 4.98 Å². The molecular weight excluding hydrogens is 251 g/mol. The van der Waals surface area contributed by atoms with Gasteiger partial charge in [0.25, 0.3) is 0 Å². The standard InChI is InChI=1S/C14H14ClFN2/c1-9-5-6-18-13(7-9)12(17)8-10-3-2-4-11(16)14(10)15/h2-7,12H,8,17H2,1H3.